The van der Waals surface area contributed by atoms with E-state index in [1.807, 2.05) is 67.6 Å². The number of halogens is 1. The van der Waals surface area contributed by atoms with E-state index in [2.05, 4.69) is 10.6 Å². The van der Waals surface area contributed by atoms with Gasteiger partial charge in [0, 0.05) is 17.7 Å². The maximum absolute atomic E-state index is 13.5. The van der Waals surface area contributed by atoms with Gasteiger partial charge in [0.2, 0.25) is 0 Å². The van der Waals surface area contributed by atoms with E-state index in [-0.39, 0.29) is 18.5 Å². The maximum atomic E-state index is 13.5. The Labute approximate surface area is 214 Å². The van der Waals surface area contributed by atoms with Crippen LogP contribution in [0.15, 0.2) is 95.4 Å². The Bertz CT molecular complexity index is 1540. The zero-order valence-electron chi connectivity index (χ0n) is 20.7. The zero-order valence-corrected chi connectivity index (χ0v) is 20.7. The van der Waals surface area contributed by atoms with Crippen LogP contribution >= 0.6 is 0 Å². The monoisotopic (exact) mass is 494 g/mol. The van der Waals surface area contributed by atoms with Crippen molar-refractivity contribution in [1.82, 2.24) is 10.6 Å². The molecule has 0 fully saturated rings. The molecule has 37 heavy (non-hydrogen) atoms. The fraction of sp³-hybridized carbons (Fsp3) is 0.129. The minimum Gasteiger partial charge on any atom is -0.474 e. The van der Waals surface area contributed by atoms with Gasteiger partial charge in [0.15, 0.2) is 11.5 Å². The summed E-state index contributed by atoms with van der Waals surface area (Å²) in [6, 6.07) is 27.5. The second kappa shape index (κ2) is 10.7. The average molecular weight is 495 g/mol. The fourth-order valence-electron chi connectivity index (χ4n) is 4.16. The molecule has 0 unspecified atom stereocenters. The predicted octanol–water partition coefficient (Wildman–Crippen LogP) is 6.70. The highest BCUT2D eigenvalue weighted by Gasteiger charge is 2.19. The molecule has 1 aromatic heterocycles. The average Bonchev–Trinajstić information content (AvgIpc) is 3.29. The standard InChI is InChI=1S/C31H27FN2O3/c1-20-6-8-21(9-7-20)18-34-31(35)25-5-3-4-23(16-25)24-12-15-28-27(17-24)30(36-19-33-2)29(37-28)22-10-13-26(32)14-11-22/h3-17,33H,18-19H2,1-2H3,(H,34,35). The van der Waals surface area contributed by atoms with Crippen LogP contribution in [0.4, 0.5) is 4.39 Å². The first kappa shape index (κ1) is 24.3. The smallest absolute Gasteiger partial charge is 0.251 e. The second-order valence-corrected chi connectivity index (χ2v) is 8.87. The van der Waals surface area contributed by atoms with Crippen LogP contribution in [-0.4, -0.2) is 19.7 Å². The lowest BCUT2D eigenvalue weighted by molar-refractivity contribution is 0.0951. The largest absolute Gasteiger partial charge is 0.474 e. The van der Waals surface area contributed by atoms with Gasteiger partial charge in [-0.05, 0) is 79.2 Å². The minimum absolute atomic E-state index is 0.136. The molecule has 0 saturated heterocycles. The molecule has 0 aliphatic carbocycles. The van der Waals surface area contributed by atoms with Gasteiger partial charge in [0.25, 0.3) is 5.91 Å². The van der Waals surface area contributed by atoms with Gasteiger partial charge >= 0.3 is 0 Å². The van der Waals surface area contributed by atoms with Crippen LogP contribution in [0.25, 0.3) is 33.4 Å². The van der Waals surface area contributed by atoms with E-state index in [1.165, 1.54) is 17.7 Å². The topological polar surface area (TPSA) is 63.5 Å². The highest BCUT2D eigenvalue weighted by Crippen LogP contribution is 2.41. The van der Waals surface area contributed by atoms with Crippen molar-refractivity contribution in [3.8, 4) is 28.2 Å². The number of rotatable bonds is 8. The van der Waals surface area contributed by atoms with Crippen molar-refractivity contribution in [1.29, 1.82) is 0 Å². The molecule has 0 atom stereocenters. The Hall–Kier alpha value is -4.42. The van der Waals surface area contributed by atoms with Gasteiger partial charge in [-0.1, -0.05) is 48.0 Å². The number of hydrogen-bond acceptors (Lipinski definition) is 4. The first-order valence-corrected chi connectivity index (χ1v) is 12.1. The van der Waals surface area contributed by atoms with E-state index in [0.29, 0.717) is 29.2 Å². The maximum Gasteiger partial charge on any atom is 0.251 e. The third-order valence-electron chi connectivity index (χ3n) is 6.14. The molecule has 0 aliphatic rings. The van der Waals surface area contributed by atoms with Crippen molar-refractivity contribution < 1.29 is 18.3 Å². The third kappa shape index (κ3) is 5.39. The molecule has 1 heterocycles. The minimum atomic E-state index is -0.317. The molecule has 0 spiro atoms. The van der Waals surface area contributed by atoms with Gasteiger partial charge in [0.05, 0.1) is 5.39 Å². The summed E-state index contributed by atoms with van der Waals surface area (Å²) in [5.74, 6) is 0.655. The van der Waals surface area contributed by atoms with E-state index in [9.17, 15) is 9.18 Å². The molecular weight excluding hydrogens is 467 g/mol. The summed E-state index contributed by atoms with van der Waals surface area (Å²) in [7, 11) is 1.79. The number of carbonyl (C=O) groups excluding carboxylic acids is 1. The molecule has 2 N–H and O–H groups in total. The van der Waals surface area contributed by atoms with Crippen molar-refractivity contribution in [2.24, 2.45) is 0 Å². The summed E-state index contributed by atoms with van der Waals surface area (Å²) in [5, 5.41) is 6.77. The van der Waals surface area contributed by atoms with Crippen LogP contribution in [0.2, 0.25) is 0 Å². The SMILES string of the molecule is CNCOc1c(-c2ccc(F)cc2)oc2ccc(-c3cccc(C(=O)NCc4ccc(C)cc4)c3)cc12. The van der Waals surface area contributed by atoms with Crippen LogP contribution in [0.3, 0.4) is 0 Å². The Morgan fingerprint density at radius 1 is 0.892 bits per heavy atom. The zero-order chi connectivity index (χ0) is 25.8. The lowest BCUT2D eigenvalue weighted by atomic mass is 10.0. The number of carbonyl (C=O) groups is 1. The normalized spacial score (nSPS) is 11.0. The Morgan fingerprint density at radius 3 is 2.38 bits per heavy atom. The summed E-state index contributed by atoms with van der Waals surface area (Å²) in [6.07, 6.45) is 0. The van der Waals surface area contributed by atoms with E-state index < -0.39 is 0 Å². The lowest BCUT2D eigenvalue weighted by Crippen LogP contribution is -2.22. The van der Waals surface area contributed by atoms with Crippen LogP contribution in [0.1, 0.15) is 21.5 Å². The van der Waals surface area contributed by atoms with Crippen molar-refractivity contribution in [2.45, 2.75) is 13.5 Å². The molecule has 1 amide bonds. The molecule has 0 radical (unpaired) electrons. The fourth-order valence-corrected chi connectivity index (χ4v) is 4.16. The first-order chi connectivity index (χ1) is 18.0. The summed E-state index contributed by atoms with van der Waals surface area (Å²) in [4.78, 5) is 12.9. The van der Waals surface area contributed by atoms with Crippen molar-refractivity contribution >= 4 is 16.9 Å². The number of ether oxygens (including phenoxy) is 1. The second-order valence-electron chi connectivity index (χ2n) is 8.87. The van der Waals surface area contributed by atoms with Crippen molar-refractivity contribution in [3.05, 3.63) is 114 Å². The Balaban J connectivity index is 1.45. The third-order valence-corrected chi connectivity index (χ3v) is 6.14. The van der Waals surface area contributed by atoms with Crippen molar-refractivity contribution in [3.63, 3.8) is 0 Å². The first-order valence-electron chi connectivity index (χ1n) is 12.1. The molecule has 0 saturated carbocycles. The number of furan rings is 1. The molecule has 5 rings (SSSR count). The van der Waals surface area contributed by atoms with Crippen LogP contribution in [-0.2, 0) is 6.54 Å². The molecule has 186 valence electrons. The Morgan fingerprint density at radius 2 is 1.62 bits per heavy atom. The van der Waals surface area contributed by atoms with Crippen molar-refractivity contribution in [2.75, 3.05) is 13.8 Å². The van der Waals surface area contributed by atoms with E-state index in [4.69, 9.17) is 9.15 Å². The van der Waals surface area contributed by atoms with Gasteiger partial charge in [0.1, 0.15) is 18.1 Å². The number of nitrogens with one attached hydrogen (secondary N) is 2. The highest BCUT2D eigenvalue weighted by molar-refractivity contribution is 5.97. The van der Waals surface area contributed by atoms with Gasteiger partial charge in [-0.2, -0.15) is 0 Å². The molecular formula is C31H27FN2O3. The molecule has 0 bridgehead atoms. The van der Waals surface area contributed by atoms with Crippen LogP contribution in [0, 0.1) is 12.7 Å². The Kier molecular flexibility index (Phi) is 7.01. The van der Waals surface area contributed by atoms with Gasteiger partial charge < -0.3 is 14.5 Å². The molecule has 0 aliphatic heterocycles. The van der Waals surface area contributed by atoms with Gasteiger partial charge in [-0.15, -0.1) is 0 Å². The molecule has 5 aromatic rings. The van der Waals surface area contributed by atoms with Crippen LogP contribution < -0.4 is 15.4 Å². The predicted molar refractivity (Wildman–Crippen MR) is 144 cm³/mol. The number of hydrogen-bond donors (Lipinski definition) is 2. The summed E-state index contributed by atoms with van der Waals surface area (Å²) in [6.45, 7) is 2.78. The number of amides is 1. The summed E-state index contributed by atoms with van der Waals surface area (Å²) >= 11 is 0. The van der Waals surface area contributed by atoms with Crippen LogP contribution in [0.5, 0.6) is 5.75 Å². The molecule has 6 heteroatoms. The lowest BCUT2D eigenvalue weighted by Gasteiger charge is -2.09. The summed E-state index contributed by atoms with van der Waals surface area (Å²) < 4.78 is 25.6. The quantitative estimate of drug-likeness (QED) is 0.236. The number of aryl methyl sites for hydroxylation is 1. The molecule has 4 aromatic carbocycles. The van der Waals surface area contributed by atoms with E-state index >= 15 is 0 Å². The van der Waals surface area contributed by atoms with E-state index in [0.717, 1.165) is 27.6 Å². The number of benzene rings is 4. The summed E-state index contributed by atoms with van der Waals surface area (Å²) in [5.41, 5.74) is 6.00. The van der Waals surface area contributed by atoms with Gasteiger partial charge in [-0.3, -0.25) is 10.1 Å². The molecule has 5 nitrogen and oxygen atoms in total. The van der Waals surface area contributed by atoms with Gasteiger partial charge in [-0.25, -0.2) is 4.39 Å². The highest BCUT2D eigenvalue weighted by atomic mass is 19.1. The van der Waals surface area contributed by atoms with E-state index in [1.54, 1.807) is 25.2 Å². The number of fused-ring (bicyclic) bond motifs is 1.